The van der Waals surface area contributed by atoms with Crippen molar-refractivity contribution in [3.05, 3.63) is 65.7 Å². The molecule has 0 spiro atoms. The number of piperazine rings is 1. The van der Waals surface area contributed by atoms with Crippen LogP contribution in [0.2, 0.25) is 0 Å². The predicted octanol–water partition coefficient (Wildman–Crippen LogP) is 3.38. The van der Waals surface area contributed by atoms with Gasteiger partial charge >= 0.3 is 0 Å². The predicted molar refractivity (Wildman–Crippen MR) is 133 cm³/mol. The third-order valence-corrected chi connectivity index (χ3v) is 8.40. The van der Waals surface area contributed by atoms with Crippen molar-refractivity contribution in [2.45, 2.75) is 50.5 Å². The van der Waals surface area contributed by atoms with Crippen LogP contribution in [0.4, 0.5) is 0 Å². The maximum Gasteiger partial charge on any atom is 0.243 e. The van der Waals surface area contributed by atoms with Crippen molar-refractivity contribution >= 4 is 15.9 Å². The molecule has 0 bridgehead atoms. The smallest absolute Gasteiger partial charge is 0.243 e. The molecule has 1 unspecified atom stereocenters. The van der Waals surface area contributed by atoms with Crippen LogP contribution in [0.25, 0.3) is 0 Å². The first-order chi connectivity index (χ1) is 15.5. The van der Waals surface area contributed by atoms with Crippen LogP contribution < -0.4 is 0 Å². The Kier molecular flexibility index (Phi) is 7.98. The minimum atomic E-state index is -3.54. The molecule has 1 amide bonds. The van der Waals surface area contributed by atoms with Gasteiger partial charge in [-0.2, -0.15) is 4.31 Å². The summed E-state index contributed by atoms with van der Waals surface area (Å²) in [4.78, 5) is 17.1. The van der Waals surface area contributed by atoms with Gasteiger partial charge in [0, 0.05) is 39.8 Å². The van der Waals surface area contributed by atoms with Crippen molar-refractivity contribution < 1.29 is 13.2 Å². The number of likely N-dealkylation sites (N-methyl/N-ethyl adjacent to an activating group) is 1. The van der Waals surface area contributed by atoms with E-state index < -0.39 is 10.0 Å². The summed E-state index contributed by atoms with van der Waals surface area (Å²) in [6.45, 7) is 10.7. The largest absolute Gasteiger partial charge is 0.344 e. The number of hydrogen-bond donors (Lipinski definition) is 0. The summed E-state index contributed by atoms with van der Waals surface area (Å²) >= 11 is 0. The van der Waals surface area contributed by atoms with Crippen molar-refractivity contribution in [2.75, 3.05) is 39.8 Å². The van der Waals surface area contributed by atoms with E-state index in [-0.39, 0.29) is 17.4 Å². The Labute approximate surface area is 199 Å². The summed E-state index contributed by atoms with van der Waals surface area (Å²) in [5.74, 6) is 0.0695. The van der Waals surface area contributed by atoms with E-state index in [9.17, 15) is 13.2 Å². The average Bonchev–Trinajstić information content (AvgIpc) is 2.82. The highest BCUT2D eigenvalue weighted by atomic mass is 32.2. The van der Waals surface area contributed by atoms with Crippen LogP contribution >= 0.6 is 0 Å². The van der Waals surface area contributed by atoms with Gasteiger partial charge in [0.25, 0.3) is 0 Å². The number of carbonyl (C=O) groups excluding carboxylic acids is 1. The second kappa shape index (κ2) is 10.4. The van der Waals surface area contributed by atoms with Gasteiger partial charge in [-0.3, -0.25) is 9.69 Å². The quantitative estimate of drug-likeness (QED) is 0.621. The summed E-state index contributed by atoms with van der Waals surface area (Å²) in [5.41, 5.74) is 2.29. The molecule has 3 rings (SSSR count). The third kappa shape index (κ3) is 6.22. The van der Waals surface area contributed by atoms with Gasteiger partial charge in [0.2, 0.25) is 15.9 Å². The highest BCUT2D eigenvalue weighted by molar-refractivity contribution is 7.89. The summed E-state index contributed by atoms with van der Waals surface area (Å²) in [5, 5.41) is 0. The van der Waals surface area contributed by atoms with Crippen molar-refractivity contribution in [1.29, 1.82) is 0 Å². The van der Waals surface area contributed by atoms with Crippen LogP contribution in [0.3, 0.4) is 0 Å². The molecule has 0 N–H and O–H groups in total. The molecule has 7 heteroatoms. The van der Waals surface area contributed by atoms with E-state index in [0.29, 0.717) is 37.6 Å². The summed E-state index contributed by atoms with van der Waals surface area (Å²) in [7, 11) is -1.70. The van der Waals surface area contributed by atoms with Gasteiger partial charge in [-0.05, 0) is 42.0 Å². The Bertz CT molecular complexity index is 1020. The number of nitrogens with zero attached hydrogens (tertiary/aromatic N) is 3. The monoisotopic (exact) mass is 471 g/mol. The summed E-state index contributed by atoms with van der Waals surface area (Å²) < 4.78 is 27.8. The highest BCUT2D eigenvalue weighted by Gasteiger charge is 2.32. The normalized spacial score (nSPS) is 17.0. The standard InChI is InChI=1S/C26H37N3O3S/c1-21(25(30)27(5)16-15-22-9-7-6-8-10-22)28-17-19-29(20-18-28)33(31,32)24-13-11-23(12-14-24)26(2,3)4/h6-14,21H,15-20H2,1-5H3. The van der Waals surface area contributed by atoms with E-state index in [1.54, 1.807) is 17.0 Å². The Morgan fingerprint density at radius 3 is 2.09 bits per heavy atom. The van der Waals surface area contributed by atoms with Gasteiger partial charge in [0.1, 0.15) is 0 Å². The fraction of sp³-hybridized carbons (Fsp3) is 0.500. The Morgan fingerprint density at radius 1 is 0.970 bits per heavy atom. The first-order valence-corrected chi connectivity index (χ1v) is 13.1. The molecule has 1 aliphatic heterocycles. The van der Waals surface area contributed by atoms with Crippen LogP contribution in [0.15, 0.2) is 59.5 Å². The fourth-order valence-electron chi connectivity index (χ4n) is 4.13. The SMILES string of the molecule is CC(C(=O)N(C)CCc1ccccc1)N1CCN(S(=O)(=O)c2ccc(C(C)(C)C)cc2)CC1. The molecule has 0 saturated carbocycles. The first-order valence-electron chi connectivity index (χ1n) is 11.6. The van der Waals surface area contributed by atoms with E-state index in [1.165, 1.54) is 9.87 Å². The second-order valence-electron chi connectivity index (χ2n) is 9.89. The van der Waals surface area contributed by atoms with Gasteiger partial charge in [-0.25, -0.2) is 8.42 Å². The lowest BCUT2D eigenvalue weighted by Gasteiger charge is -2.38. The zero-order valence-electron chi connectivity index (χ0n) is 20.5. The molecular formula is C26H37N3O3S. The van der Waals surface area contributed by atoms with Crippen molar-refractivity contribution in [3.63, 3.8) is 0 Å². The molecule has 1 aliphatic rings. The average molecular weight is 472 g/mol. The van der Waals surface area contributed by atoms with Crippen LogP contribution in [0.1, 0.15) is 38.8 Å². The van der Waals surface area contributed by atoms with E-state index in [4.69, 9.17) is 0 Å². The number of amides is 1. The number of sulfonamides is 1. The van der Waals surface area contributed by atoms with E-state index in [0.717, 1.165) is 12.0 Å². The third-order valence-electron chi connectivity index (χ3n) is 6.49. The lowest BCUT2D eigenvalue weighted by Crippen LogP contribution is -2.55. The Balaban J connectivity index is 1.55. The molecule has 33 heavy (non-hydrogen) atoms. The molecule has 1 atom stereocenters. The van der Waals surface area contributed by atoms with Gasteiger partial charge in [-0.1, -0.05) is 63.2 Å². The topological polar surface area (TPSA) is 60.9 Å². The molecule has 1 heterocycles. The van der Waals surface area contributed by atoms with E-state index >= 15 is 0 Å². The Morgan fingerprint density at radius 2 is 1.55 bits per heavy atom. The van der Waals surface area contributed by atoms with Gasteiger partial charge in [0.05, 0.1) is 10.9 Å². The molecule has 2 aromatic carbocycles. The lowest BCUT2D eigenvalue weighted by molar-refractivity contribution is -0.135. The van der Waals surface area contributed by atoms with Gasteiger partial charge in [-0.15, -0.1) is 0 Å². The number of hydrogen-bond acceptors (Lipinski definition) is 4. The molecule has 1 fully saturated rings. The maximum absolute atomic E-state index is 13.1. The van der Waals surface area contributed by atoms with Crippen LogP contribution in [0.5, 0.6) is 0 Å². The van der Waals surface area contributed by atoms with Crippen molar-refractivity contribution in [2.24, 2.45) is 0 Å². The molecular weight excluding hydrogens is 434 g/mol. The van der Waals surface area contributed by atoms with E-state index in [2.05, 4.69) is 37.8 Å². The molecule has 6 nitrogen and oxygen atoms in total. The number of rotatable bonds is 7. The Hall–Kier alpha value is -2.22. The lowest BCUT2D eigenvalue weighted by atomic mass is 9.87. The zero-order valence-corrected chi connectivity index (χ0v) is 21.3. The minimum absolute atomic E-state index is 0.0230. The second-order valence-corrected chi connectivity index (χ2v) is 11.8. The molecule has 1 saturated heterocycles. The summed E-state index contributed by atoms with van der Waals surface area (Å²) in [6, 6.07) is 17.1. The van der Waals surface area contributed by atoms with Crippen molar-refractivity contribution in [3.8, 4) is 0 Å². The molecule has 0 radical (unpaired) electrons. The van der Waals surface area contributed by atoms with Gasteiger partial charge < -0.3 is 4.90 Å². The molecule has 2 aromatic rings. The first kappa shape index (κ1) is 25.4. The molecule has 0 aliphatic carbocycles. The van der Waals surface area contributed by atoms with Crippen LogP contribution in [-0.4, -0.2) is 74.2 Å². The zero-order chi connectivity index (χ0) is 24.2. The summed E-state index contributed by atoms with van der Waals surface area (Å²) in [6.07, 6.45) is 0.815. The minimum Gasteiger partial charge on any atom is -0.344 e. The van der Waals surface area contributed by atoms with Crippen LogP contribution in [0, 0.1) is 0 Å². The molecule has 0 aromatic heterocycles. The number of carbonyl (C=O) groups is 1. The van der Waals surface area contributed by atoms with Crippen LogP contribution in [-0.2, 0) is 26.7 Å². The van der Waals surface area contributed by atoms with E-state index in [1.807, 2.05) is 44.3 Å². The number of benzene rings is 2. The fourth-order valence-corrected chi connectivity index (χ4v) is 5.56. The van der Waals surface area contributed by atoms with Crippen molar-refractivity contribution in [1.82, 2.24) is 14.1 Å². The molecule has 180 valence electrons. The van der Waals surface area contributed by atoms with Gasteiger partial charge in [0.15, 0.2) is 0 Å². The maximum atomic E-state index is 13.1. The highest BCUT2D eigenvalue weighted by Crippen LogP contribution is 2.25.